The molecular formula is C15H31NO. The molecule has 1 unspecified atom stereocenters. The molecule has 102 valence electrons. The van der Waals surface area contributed by atoms with Crippen LogP contribution in [0.4, 0.5) is 0 Å². The van der Waals surface area contributed by atoms with Gasteiger partial charge >= 0.3 is 0 Å². The smallest absolute Gasteiger partial charge is 0.142 e. The lowest BCUT2D eigenvalue weighted by Gasteiger charge is -2.41. The number of Topliss-reactive ketones (excluding diaryl/α,β-unsaturated/α-hetero) is 1. The quantitative estimate of drug-likeness (QED) is 0.793. The summed E-state index contributed by atoms with van der Waals surface area (Å²) in [4.78, 5) is 12.3. The zero-order chi connectivity index (χ0) is 14.1. The Morgan fingerprint density at radius 2 is 1.47 bits per heavy atom. The van der Waals surface area contributed by atoms with Crippen LogP contribution in [0.5, 0.6) is 0 Å². The van der Waals surface area contributed by atoms with Crippen molar-refractivity contribution in [3.8, 4) is 0 Å². The number of ketones is 1. The summed E-state index contributed by atoms with van der Waals surface area (Å²) in [6.45, 7) is 18.8. The van der Waals surface area contributed by atoms with Crippen molar-refractivity contribution in [2.75, 3.05) is 0 Å². The minimum absolute atomic E-state index is 0.00771. The van der Waals surface area contributed by atoms with Crippen LogP contribution in [0.2, 0.25) is 0 Å². The fourth-order valence-corrected chi connectivity index (χ4v) is 2.05. The molecule has 17 heavy (non-hydrogen) atoms. The number of nitrogens with one attached hydrogen (secondary N) is 1. The summed E-state index contributed by atoms with van der Waals surface area (Å²) in [6.07, 6.45) is 1.05. The highest BCUT2D eigenvalue weighted by atomic mass is 16.1. The lowest BCUT2D eigenvalue weighted by atomic mass is 9.74. The Kier molecular flexibility index (Phi) is 4.98. The monoisotopic (exact) mass is 241 g/mol. The highest BCUT2D eigenvalue weighted by molar-refractivity contribution is 5.86. The van der Waals surface area contributed by atoms with Gasteiger partial charge in [0, 0.05) is 22.4 Å². The highest BCUT2D eigenvalue weighted by Gasteiger charge is 2.38. The molecule has 0 spiro atoms. The van der Waals surface area contributed by atoms with Gasteiger partial charge in [0.15, 0.2) is 0 Å². The molecule has 0 aliphatic carbocycles. The summed E-state index contributed by atoms with van der Waals surface area (Å²) < 4.78 is 0. The zero-order valence-electron chi connectivity index (χ0n) is 13.2. The maximum Gasteiger partial charge on any atom is 0.142 e. The SMILES string of the molecule is CCC(C)(C)NC(C)(C)C(C)C(=O)C(C)(C)C. The molecule has 0 aliphatic heterocycles. The van der Waals surface area contributed by atoms with Gasteiger partial charge in [-0.2, -0.15) is 0 Å². The van der Waals surface area contributed by atoms with E-state index in [1.54, 1.807) is 0 Å². The van der Waals surface area contributed by atoms with Gasteiger partial charge in [-0.1, -0.05) is 34.6 Å². The van der Waals surface area contributed by atoms with E-state index in [2.05, 4.69) is 39.9 Å². The van der Waals surface area contributed by atoms with Gasteiger partial charge in [0.2, 0.25) is 0 Å². The average Bonchev–Trinajstić information content (AvgIpc) is 2.12. The fourth-order valence-electron chi connectivity index (χ4n) is 2.05. The second kappa shape index (κ2) is 5.09. The van der Waals surface area contributed by atoms with Crippen molar-refractivity contribution >= 4 is 5.78 Å². The van der Waals surface area contributed by atoms with Crippen LogP contribution in [-0.4, -0.2) is 16.9 Å². The highest BCUT2D eigenvalue weighted by Crippen LogP contribution is 2.29. The number of carbonyl (C=O) groups is 1. The first kappa shape index (κ1) is 16.6. The fraction of sp³-hybridized carbons (Fsp3) is 0.933. The van der Waals surface area contributed by atoms with Gasteiger partial charge in [-0.15, -0.1) is 0 Å². The molecule has 0 bridgehead atoms. The van der Waals surface area contributed by atoms with E-state index in [4.69, 9.17) is 0 Å². The predicted molar refractivity (Wildman–Crippen MR) is 75.2 cm³/mol. The Hall–Kier alpha value is -0.370. The van der Waals surface area contributed by atoms with Gasteiger partial charge in [0.1, 0.15) is 5.78 Å². The maximum atomic E-state index is 12.3. The van der Waals surface area contributed by atoms with E-state index in [-0.39, 0.29) is 22.4 Å². The van der Waals surface area contributed by atoms with Gasteiger partial charge in [-0.05, 0) is 34.1 Å². The molecule has 2 heteroatoms. The molecule has 0 heterocycles. The minimum atomic E-state index is -0.269. The molecule has 0 amide bonds. The first-order valence-electron chi connectivity index (χ1n) is 6.67. The third-order valence-corrected chi connectivity index (χ3v) is 3.76. The van der Waals surface area contributed by atoms with E-state index in [1.165, 1.54) is 0 Å². The van der Waals surface area contributed by atoms with Crippen LogP contribution in [0.15, 0.2) is 0 Å². The first-order valence-corrected chi connectivity index (χ1v) is 6.67. The Morgan fingerprint density at radius 3 is 1.76 bits per heavy atom. The molecule has 0 saturated carbocycles. The summed E-state index contributed by atoms with van der Waals surface area (Å²) in [5.41, 5.74) is -0.380. The van der Waals surface area contributed by atoms with E-state index in [0.29, 0.717) is 5.78 Å². The van der Waals surface area contributed by atoms with Crippen molar-refractivity contribution < 1.29 is 4.79 Å². The van der Waals surface area contributed by atoms with Crippen LogP contribution in [0.3, 0.4) is 0 Å². The third-order valence-electron chi connectivity index (χ3n) is 3.76. The van der Waals surface area contributed by atoms with Gasteiger partial charge in [0.25, 0.3) is 0 Å². The topological polar surface area (TPSA) is 29.1 Å². The van der Waals surface area contributed by atoms with Crippen molar-refractivity contribution in [2.24, 2.45) is 11.3 Å². The molecule has 1 atom stereocenters. The molecule has 0 radical (unpaired) electrons. The number of hydrogen-bond donors (Lipinski definition) is 1. The molecule has 0 aromatic rings. The van der Waals surface area contributed by atoms with Crippen LogP contribution in [-0.2, 0) is 4.79 Å². The lowest BCUT2D eigenvalue weighted by molar-refractivity contribution is -0.132. The van der Waals surface area contributed by atoms with Crippen molar-refractivity contribution in [3.63, 3.8) is 0 Å². The van der Waals surface area contributed by atoms with Gasteiger partial charge in [-0.25, -0.2) is 0 Å². The van der Waals surface area contributed by atoms with E-state index in [0.717, 1.165) is 6.42 Å². The Morgan fingerprint density at radius 1 is 1.06 bits per heavy atom. The van der Waals surface area contributed by atoms with Crippen LogP contribution < -0.4 is 5.32 Å². The van der Waals surface area contributed by atoms with Crippen molar-refractivity contribution in [1.82, 2.24) is 5.32 Å². The van der Waals surface area contributed by atoms with Gasteiger partial charge < -0.3 is 5.32 Å². The Balaban J connectivity index is 4.89. The molecule has 0 aromatic carbocycles. The second-order valence-electron chi connectivity index (χ2n) is 7.42. The Bertz CT molecular complexity index is 271. The normalized spacial score (nSPS) is 15.8. The number of hydrogen-bond acceptors (Lipinski definition) is 2. The molecule has 0 aliphatic rings. The van der Waals surface area contributed by atoms with Crippen molar-refractivity contribution in [1.29, 1.82) is 0 Å². The van der Waals surface area contributed by atoms with E-state index in [9.17, 15) is 4.79 Å². The molecule has 0 fully saturated rings. The molecule has 2 nitrogen and oxygen atoms in total. The standard InChI is InChI=1S/C15H31NO/c1-10-14(6,7)16-15(8,9)11(2)12(17)13(3,4)5/h11,16H,10H2,1-9H3. The number of carbonyl (C=O) groups excluding carboxylic acids is 1. The molecular weight excluding hydrogens is 210 g/mol. The van der Waals surface area contributed by atoms with E-state index >= 15 is 0 Å². The van der Waals surface area contributed by atoms with E-state index < -0.39 is 0 Å². The molecule has 0 aromatic heterocycles. The number of rotatable bonds is 5. The van der Waals surface area contributed by atoms with Crippen LogP contribution in [0.1, 0.15) is 68.7 Å². The van der Waals surface area contributed by atoms with Crippen molar-refractivity contribution in [2.45, 2.75) is 79.8 Å². The summed E-state index contributed by atoms with van der Waals surface area (Å²) in [6, 6.07) is 0. The largest absolute Gasteiger partial charge is 0.306 e. The molecule has 1 N–H and O–H groups in total. The minimum Gasteiger partial charge on any atom is -0.306 e. The summed E-state index contributed by atoms with van der Waals surface area (Å²) in [7, 11) is 0. The van der Waals surface area contributed by atoms with Gasteiger partial charge in [-0.3, -0.25) is 4.79 Å². The van der Waals surface area contributed by atoms with E-state index in [1.807, 2.05) is 27.7 Å². The lowest BCUT2D eigenvalue weighted by Crippen LogP contribution is -2.57. The molecule has 0 rings (SSSR count). The summed E-state index contributed by atoms with van der Waals surface area (Å²) in [5.74, 6) is 0.329. The predicted octanol–water partition coefficient (Wildman–Crippen LogP) is 3.79. The summed E-state index contributed by atoms with van der Waals surface area (Å²) >= 11 is 0. The average molecular weight is 241 g/mol. The second-order valence-corrected chi connectivity index (χ2v) is 7.42. The summed E-state index contributed by atoms with van der Waals surface area (Å²) in [5, 5.41) is 3.61. The van der Waals surface area contributed by atoms with Crippen LogP contribution in [0, 0.1) is 11.3 Å². The Labute approximate surface area is 108 Å². The van der Waals surface area contributed by atoms with Crippen LogP contribution in [0.25, 0.3) is 0 Å². The van der Waals surface area contributed by atoms with Gasteiger partial charge in [0.05, 0.1) is 0 Å². The van der Waals surface area contributed by atoms with Crippen LogP contribution >= 0.6 is 0 Å². The maximum absolute atomic E-state index is 12.3. The van der Waals surface area contributed by atoms with Crippen molar-refractivity contribution in [3.05, 3.63) is 0 Å². The zero-order valence-corrected chi connectivity index (χ0v) is 13.2. The third kappa shape index (κ3) is 4.79. The first-order chi connectivity index (χ1) is 7.33. The molecule has 0 saturated heterocycles.